The molecule has 1 aromatic carbocycles. The number of aliphatic hydroxyl groups is 1. The fraction of sp³-hybridized carbons (Fsp3) is 0.308. The minimum atomic E-state index is -4.49. The van der Waals surface area contributed by atoms with Crippen LogP contribution < -0.4 is 0 Å². The number of hydrogen-bond acceptors (Lipinski definition) is 2. The highest BCUT2D eigenvalue weighted by Crippen LogP contribution is 2.16. The van der Waals surface area contributed by atoms with Crippen molar-refractivity contribution in [1.82, 2.24) is 4.90 Å². The molecule has 0 bridgehead atoms. The molecule has 0 fully saturated rings. The number of hydrogen-bond donors (Lipinski definition) is 1. The van der Waals surface area contributed by atoms with Crippen LogP contribution in [-0.2, 0) is 17.9 Å². The summed E-state index contributed by atoms with van der Waals surface area (Å²) in [6, 6.07) is 6.81. The maximum absolute atomic E-state index is 11.9. The topological polar surface area (TPSA) is 40.5 Å². The van der Waals surface area contributed by atoms with Crippen LogP contribution in [-0.4, -0.2) is 29.1 Å². The van der Waals surface area contributed by atoms with E-state index in [0.29, 0.717) is 6.08 Å². The van der Waals surface area contributed by atoms with Crippen LogP contribution in [0.3, 0.4) is 0 Å². The van der Waals surface area contributed by atoms with Crippen LogP contribution in [0.5, 0.6) is 0 Å². The van der Waals surface area contributed by atoms with Gasteiger partial charge in [-0.1, -0.05) is 24.3 Å². The molecule has 0 heterocycles. The smallest absolute Gasteiger partial charge is 0.392 e. The van der Waals surface area contributed by atoms with Crippen molar-refractivity contribution in [3.63, 3.8) is 0 Å². The third-order valence-electron chi connectivity index (χ3n) is 2.42. The fourth-order valence-corrected chi connectivity index (χ4v) is 1.39. The molecule has 0 aliphatic heterocycles. The molecule has 104 valence electrons. The molecule has 3 nitrogen and oxygen atoms in total. The van der Waals surface area contributed by atoms with Gasteiger partial charge in [-0.15, -0.1) is 0 Å². The third kappa shape index (κ3) is 5.56. The quantitative estimate of drug-likeness (QED) is 0.855. The number of benzene rings is 1. The molecule has 0 saturated carbocycles. The summed E-state index contributed by atoms with van der Waals surface area (Å²) in [5.41, 5.74) is 1.50. The molecule has 0 aromatic heterocycles. The Hall–Kier alpha value is -1.82. The second kappa shape index (κ2) is 6.38. The standard InChI is InChI=1S/C13H14F3NO2/c1-17(12(19)6-7-13(14,15)16)8-10-2-4-11(9-18)5-3-10/h2-7,18H,8-9H2,1H3/b7-6+. The molecule has 1 amide bonds. The molecule has 0 unspecified atom stereocenters. The van der Waals surface area contributed by atoms with E-state index in [9.17, 15) is 18.0 Å². The Morgan fingerprint density at radius 3 is 2.26 bits per heavy atom. The second-order valence-corrected chi connectivity index (χ2v) is 4.04. The fourth-order valence-electron chi connectivity index (χ4n) is 1.39. The van der Waals surface area contributed by atoms with Crippen molar-refractivity contribution < 1.29 is 23.1 Å². The number of likely N-dealkylation sites (N-methyl/N-ethyl adjacent to an activating group) is 1. The molecule has 1 aromatic rings. The first kappa shape index (κ1) is 15.2. The van der Waals surface area contributed by atoms with Gasteiger partial charge in [0, 0.05) is 25.7 Å². The molecular formula is C13H14F3NO2. The van der Waals surface area contributed by atoms with Crippen LogP contribution >= 0.6 is 0 Å². The number of alkyl halides is 3. The lowest BCUT2D eigenvalue weighted by Gasteiger charge is -2.15. The summed E-state index contributed by atoms with van der Waals surface area (Å²) in [4.78, 5) is 12.6. The summed E-state index contributed by atoms with van der Waals surface area (Å²) in [6.45, 7) is 0.121. The van der Waals surface area contributed by atoms with Crippen molar-refractivity contribution in [1.29, 1.82) is 0 Å². The summed E-state index contributed by atoms with van der Waals surface area (Å²) in [5, 5.41) is 8.86. The van der Waals surface area contributed by atoms with E-state index in [1.165, 1.54) is 11.9 Å². The molecular weight excluding hydrogens is 259 g/mol. The van der Waals surface area contributed by atoms with E-state index >= 15 is 0 Å². The highest BCUT2D eigenvalue weighted by atomic mass is 19.4. The lowest BCUT2D eigenvalue weighted by Crippen LogP contribution is -2.24. The first-order chi connectivity index (χ1) is 8.81. The molecule has 6 heteroatoms. The van der Waals surface area contributed by atoms with E-state index in [2.05, 4.69) is 0 Å². The zero-order valence-electron chi connectivity index (χ0n) is 10.3. The lowest BCUT2D eigenvalue weighted by molar-refractivity contribution is -0.126. The SMILES string of the molecule is CN(Cc1ccc(CO)cc1)C(=O)/C=C/C(F)(F)F. The molecule has 0 spiro atoms. The number of aliphatic hydroxyl groups excluding tert-OH is 1. The number of nitrogens with zero attached hydrogens (tertiary/aromatic N) is 1. The Morgan fingerprint density at radius 2 is 1.79 bits per heavy atom. The van der Waals surface area contributed by atoms with Gasteiger partial charge in [0.05, 0.1) is 6.61 Å². The molecule has 0 radical (unpaired) electrons. The average Bonchev–Trinajstić information content (AvgIpc) is 2.36. The number of rotatable bonds is 4. The predicted molar refractivity (Wildman–Crippen MR) is 64.0 cm³/mol. The maximum Gasteiger partial charge on any atom is 0.409 e. The van der Waals surface area contributed by atoms with Gasteiger partial charge in [0.15, 0.2) is 0 Å². The van der Waals surface area contributed by atoms with Crippen molar-refractivity contribution in [2.24, 2.45) is 0 Å². The van der Waals surface area contributed by atoms with E-state index in [-0.39, 0.29) is 19.2 Å². The van der Waals surface area contributed by atoms with Gasteiger partial charge in [-0.3, -0.25) is 4.79 Å². The number of amides is 1. The minimum Gasteiger partial charge on any atom is -0.392 e. The zero-order valence-corrected chi connectivity index (χ0v) is 10.3. The molecule has 19 heavy (non-hydrogen) atoms. The molecule has 0 atom stereocenters. The van der Waals surface area contributed by atoms with Crippen LogP contribution in [0.15, 0.2) is 36.4 Å². The van der Waals surface area contributed by atoms with E-state index in [1.54, 1.807) is 24.3 Å². The lowest BCUT2D eigenvalue weighted by atomic mass is 10.1. The highest BCUT2D eigenvalue weighted by Gasteiger charge is 2.23. The number of halogens is 3. The highest BCUT2D eigenvalue weighted by molar-refractivity contribution is 5.87. The van der Waals surface area contributed by atoms with E-state index in [4.69, 9.17) is 5.11 Å². The van der Waals surface area contributed by atoms with Gasteiger partial charge >= 0.3 is 6.18 Å². The first-order valence-electron chi connectivity index (χ1n) is 5.51. The van der Waals surface area contributed by atoms with Crippen molar-refractivity contribution in [3.05, 3.63) is 47.5 Å². The van der Waals surface area contributed by atoms with Crippen LogP contribution in [0, 0.1) is 0 Å². The number of carbonyl (C=O) groups excluding carboxylic acids is 1. The molecule has 1 rings (SSSR count). The molecule has 0 aliphatic rings. The van der Waals surface area contributed by atoms with E-state index < -0.39 is 12.1 Å². The van der Waals surface area contributed by atoms with Gasteiger partial charge in [-0.2, -0.15) is 13.2 Å². The molecule has 1 N–H and O–H groups in total. The Labute approximate surface area is 109 Å². The van der Waals surface area contributed by atoms with Gasteiger partial charge in [0.2, 0.25) is 5.91 Å². The molecule has 0 saturated heterocycles. The Morgan fingerprint density at radius 1 is 1.26 bits per heavy atom. The molecule has 0 aliphatic carbocycles. The normalized spacial score (nSPS) is 11.8. The minimum absolute atomic E-state index is 0.0800. The Kier molecular flexibility index (Phi) is 5.11. The summed E-state index contributed by atoms with van der Waals surface area (Å²) in [5.74, 6) is -0.719. The van der Waals surface area contributed by atoms with Crippen LogP contribution in [0.2, 0.25) is 0 Å². The monoisotopic (exact) mass is 273 g/mol. The van der Waals surface area contributed by atoms with E-state index in [1.807, 2.05) is 0 Å². The maximum atomic E-state index is 11.9. The van der Waals surface area contributed by atoms with Gasteiger partial charge in [-0.25, -0.2) is 0 Å². The van der Waals surface area contributed by atoms with Crippen molar-refractivity contribution in [2.45, 2.75) is 19.3 Å². The van der Waals surface area contributed by atoms with Gasteiger partial charge in [0.1, 0.15) is 0 Å². The Balaban J connectivity index is 2.60. The summed E-state index contributed by atoms with van der Waals surface area (Å²) in [7, 11) is 1.42. The predicted octanol–water partition coefficient (Wildman–Crippen LogP) is 2.26. The van der Waals surface area contributed by atoms with Crippen molar-refractivity contribution in [2.75, 3.05) is 7.05 Å². The zero-order chi connectivity index (χ0) is 14.5. The summed E-state index contributed by atoms with van der Waals surface area (Å²) < 4.78 is 35.7. The number of carbonyl (C=O) groups is 1. The summed E-state index contributed by atoms with van der Waals surface area (Å²) in [6.07, 6.45) is -4.07. The first-order valence-corrected chi connectivity index (χ1v) is 5.51. The second-order valence-electron chi connectivity index (χ2n) is 4.04. The Bertz CT molecular complexity index is 452. The third-order valence-corrected chi connectivity index (χ3v) is 2.42. The van der Waals surface area contributed by atoms with Gasteiger partial charge < -0.3 is 10.0 Å². The van der Waals surface area contributed by atoms with Crippen molar-refractivity contribution in [3.8, 4) is 0 Å². The number of allylic oxidation sites excluding steroid dienone is 1. The summed E-state index contributed by atoms with van der Waals surface area (Å²) >= 11 is 0. The van der Waals surface area contributed by atoms with Crippen LogP contribution in [0.1, 0.15) is 11.1 Å². The van der Waals surface area contributed by atoms with Gasteiger partial charge in [0.25, 0.3) is 0 Å². The van der Waals surface area contributed by atoms with Crippen molar-refractivity contribution >= 4 is 5.91 Å². The van der Waals surface area contributed by atoms with E-state index in [0.717, 1.165) is 11.1 Å². The largest absolute Gasteiger partial charge is 0.409 e. The van der Waals surface area contributed by atoms with Gasteiger partial charge in [-0.05, 0) is 11.1 Å². The average molecular weight is 273 g/mol. The van der Waals surface area contributed by atoms with Crippen LogP contribution in [0.4, 0.5) is 13.2 Å². The van der Waals surface area contributed by atoms with Crippen LogP contribution in [0.25, 0.3) is 0 Å².